The molecule has 0 saturated heterocycles. The van der Waals surface area contributed by atoms with Gasteiger partial charge in [0.25, 0.3) is 0 Å². The summed E-state index contributed by atoms with van der Waals surface area (Å²) in [5, 5.41) is 7.30. The molecule has 90 valence electrons. The zero-order valence-electron chi connectivity index (χ0n) is 10.7. The molecule has 0 aliphatic rings. The second-order valence-corrected chi connectivity index (χ2v) is 5.21. The van der Waals surface area contributed by atoms with Crippen molar-refractivity contribution in [3.63, 3.8) is 0 Å². The number of hydrogen-bond acceptors (Lipinski definition) is 3. The molecule has 0 amide bonds. The highest BCUT2D eigenvalue weighted by Gasteiger charge is 2.13. The summed E-state index contributed by atoms with van der Waals surface area (Å²) in [6, 6.07) is 4.10. The first-order valence-corrected chi connectivity index (χ1v) is 5.67. The molecule has 0 aliphatic heterocycles. The molecule has 2 heterocycles. The number of rotatable bonds is 2. The van der Waals surface area contributed by atoms with Crippen molar-refractivity contribution < 1.29 is 0 Å². The van der Waals surface area contributed by atoms with E-state index in [-0.39, 0.29) is 5.41 Å². The summed E-state index contributed by atoms with van der Waals surface area (Å²) in [5.41, 5.74) is 2.32. The van der Waals surface area contributed by atoms with Crippen LogP contribution in [0.15, 0.2) is 30.7 Å². The van der Waals surface area contributed by atoms with Crippen molar-refractivity contribution in [2.24, 2.45) is 7.05 Å². The van der Waals surface area contributed by atoms with Gasteiger partial charge < -0.3 is 5.32 Å². The normalized spacial score (nSPS) is 11.5. The van der Waals surface area contributed by atoms with Gasteiger partial charge in [-0.1, -0.05) is 26.8 Å². The predicted octanol–water partition coefficient (Wildman–Crippen LogP) is 2.86. The Morgan fingerprint density at radius 2 is 1.94 bits per heavy atom. The number of aromatic nitrogens is 3. The van der Waals surface area contributed by atoms with Crippen LogP contribution in [0.1, 0.15) is 26.3 Å². The van der Waals surface area contributed by atoms with Gasteiger partial charge in [0.15, 0.2) is 0 Å². The van der Waals surface area contributed by atoms with Gasteiger partial charge in [-0.25, -0.2) is 4.98 Å². The second-order valence-electron chi connectivity index (χ2n) is 5.21. The van der Waals surface area contributed by atoms with Crippen LogP contribution in [0.4, 0.5) is 11.5 Å². The molecule has 4 nitrogen and oxygen atoms in total. The van der Waals surface area contributed by atoms with Gasteiger partial charge in [0.2, 0.25) is 0 Å². The Morgan fingerprint density at radius 1 is 1.18 bits per heavy atom. The van der Waals surface area contributed by atoms with E-state index < -0.39 is 0 Å². The van der Waals surface area contributed by atoms with Crippen LogP contribution in [0.3, 0.4) is 0 Å². The Morgan fingerprint density at radius 3 is 2.41 bits per heavy atom. The van der Waals surface area contributed by atoms with Crippen molar-refractivity contribution >= 4 is 11.5 Å². The van der Waals surface area contributed by atoms with Crippen LogP contribution < -0.4 is 5.32 Å². The molecule has 2 rings (SSSR count). The molecule has 0 spiro atoms. The lowest BCUT2D eigenvalue weighted by atomic mass is 9.88. The van der Waals surface area contributed by atoms with E-state index in [0.717, 1.165) is 11.5 Å². The van der Waals surface area contributed by atoms with Crippen LogP contribution in [0.2, 0.25) is 0 Å². The number of pyridine rings is 1. The summed E-state index contributed by atoms with van der Waals surface area (Å²) in [7, 11) is 1.89. The fourth-order valence-electron chi connectivity index (χ4n) is 1.55. The first kappa shape index (κ1) is 11.6. The van der Waals surface area contributed by atoms with Gasteiger partial charge in [0.1, 0.15) is 5.82 Å². The van der Waals surface area contributed by atoms with E-state index >= 15 is 0 Å². The molecule has 0 fully saturated rings. The lowest BCUT2D eigenvalue weighted by Gasteiger charge is -2.18. The number of aryl methyl sites for hydroxylation is 1. The number of hydrogen-bond donors (Lipinski definition) is 1. The number of anilines is 2. The molecular formula is C13H18N4. The summed E-state index contributed by atoms with van der Waals surface area (Å²) in [4.78, 5) is 4.40. The maximum Gasteiger partial charge on any atom is 0.130 e. The van der Waals surface area contributed by atoms with Gasteiger partial charge in [0.05, 0.1) is 11.9 Å². The third-order valence-corrected chi connectivity index (χ3v) is 2.61. The van der Waals surface area contributed by atoms with Crippen LogP contribution in [-0.4, -0.2) is 14.8 Å². The number of nitrogens with zero attached hydrogens (tertiary/aromatic N) is 3. The minimum atomic E-state index is 0.139. The summed E-state index contributed by atoms with van der Waals surface area (Å²) < 4.78 is 1.76. The van der Waals surface area contributed by atoms with Crippen molar-refractivity contribution in [1.29, 1.82) is 0 Å². The fourth-order valence-corrected chi connectivity index (χ4v) is 1.55. The Kier molecular flexibility index (Phi) is 2.88. The predicted molar refractivity (Wildman–Crippen MR) is 69.4 cm³/mol. The maximum absolute atomic E-state index is 4.40. The maximum atomic E-state index is 4.40. The van der Waals surface area contributed by atoms with Gasteiger partial charge in [-0.3, -0.25) is 4.68 Å². The molecular weight excluding hydrogens is 212 g/mol. The average Bonchev–Trinajstić information content (AvgIpc) is 2.63. The minimum absolute atomic E-state index is 0.139. The molecule has 0 saturated carbocycles. The molecule has 0 aliphatic carbocycles. The fraction of sp³-hybridized carbons (Fsp3) is 0.385. The molecule has 1 N–H and O–H groups in total. The van der Waals surface area contributed by atoms with Gasteiger partial charge in [-0.2, -0.15) is 5.10 Å². The Hall–Kier alpha value is -1.84. The Bertz CT molecular complexity index is 491. The van der Waals surface area contributed by atoms with Crippen molar-refractivity contribution in [2.45, 2.75) is 26.2 Å². The van der Waals surface area contributed by atoms with E-state index in [1.807, 2.05) is 25.5 Å². The van der Waals surface area contributed by atoms with Crippen molar-refractivity contribution in [2.75, 3.05) is 5.32 Å². The van der Waals surface area contributed by atoms with E-state index in [9.17, 15) is 0 Å². The summed E-state index contributed by atoms with van der Waals surface area (Å²) >= 11 is 0. The van der Waals surface area contributed by atoms with Crippen molar-refractivity contribution in [3.8, 4) is 0 Å². The van der Waals surface area contributed by atoms with Crippen LogP contribution in [0, 0.1) is 0 Å². The van der Waals surface area contributed by atoms with Gasteiger partial charge >= 0.3 is 0 Å². The summed E-state index contributed by atoms with van der Waals surface area (Å²) in [6.45, 7) is 6.54. The minimum Gasteiger partial charge on any atom is -0.338 e. The standard InChI is InChI=1S/C13H18N4/c1-13(2,3)10-5-6-12(14-7-10)16-11-8-15-17(4)9-11/h5-9H,1-4H3,(H,14,16). The van der Waals surface area contributed by atoms with Crippen LogP contribution in [0.25, 0.3) is 0 Å². The quantitative estimate of drug-likeness (QED) is 0.862. The van der Waals surface area contributed by atoms with Crippen LogP contribution >= 0.6 is 0 Å². The van der Waals surface area contributed by atoms with E-state index in [0.29, 0.717) is 0 Å². The van der Waals surface area contributed by atoms with E-state index in [1.165, 1.54) is 5.56 Å². The molecule has 0 atom stereocenters. The van der Waals surface area contributed by atoms with Gasteiger partial charge in [-0.15, -0.1) is 0 Å². The molecule has 2 aromatic heterocycles. The SMILES string of the molecule is Cn1cc(Nc2ccc(C(C)(C)C)cn2)cn1. The molecule has 0 aromatic carbocycles. The average molecular weight is 230 g/mol. The van der Waals surface area contributed by atoms with Crippen molar-refractivity contribution in [1.82, 2.24) is 14.8 Å². The molecule has 0 radical (unpaired) electrons. The monoisotopic (exact) mass is 230 g/mol. The zero-order chi connectivity index (χ0) is 12.5. The molecule has 17 heavy (non-hydrogen) atoms. The third-order valence-electron chi connectivity index (χ3n) is 2.61. The summed E-state index contributed by atoms with van der Waals surface area (Å²) in [6.07, 6.45) is 5.61. The lowest BCUT2D eigenvalue weighted by molar-refractivity contribution is 0.587. The first-order chi connectivity index (χ1) is 7.95. The highest BCUT2D eigenvalue weighted by molar-refractivity contribution is 5.53. The Balaban J connectivity index is 2.13. The smallest absolute Gasteiger partial charge is 0.130 e. The molecule has 0 unspecified atom stereocenters. The second kappa shape index (κ2) is 4.20. The largest absolute Gasteiger partial charge is 0.338 e. The van der Waals surface area contributed by atoms with Crippen molar-refractivity contribution in [3.05, 3.63) is 36.3 Å². The van der Waals surface area contributed by atoms with Gasteiger partial charge in [-0.05, 0) is 17.0 Å². The Labute approximate surface area is 102 Å². The summed E-state index contributed by atoms with van der Waals surface area (Å²) in [5.74, 6) is 0.839. The van der Waals surface area contributed by atoms with E-state index in [4.69, 9.17) is 0 Å². The zero-order valence-corrected chi connectivity index (χ0v) is 10.7. The lowest BCUT2D eigenvalue weighted by Crippen LogP contribution is -2.11. The van der Waals surface area contributed by atoms with E-state index in [1.54, 1.807) is 10.9 Å². The topological polar surface area (TPSA) is 42.7 Å². The molecule has 0 bridgehead atoms. The number of nitrogens with one attached hydrogen (secondary N) is 1. The van der Waals surface area contributed by atoms with E-state index in [2.05, 4.69) is 42.2 Å². The highest BCUT2D eigenvalue weighted by atomic mass is 15.3. The van der Waals surface area contributed by atoms with Crippen LogP contribution in [-0.2, 0) is 12.5 Å². The molecule has 4 heteroatoms. The highest BCUT2D eigenvalue weighted by Crippen LogP contribution is 2.22. The molecule has 2 aromatic rings. The van der Waals surface area contributed by atoms with Crippen LogP contribution in [0.5, 0.6) is 0 Å². The van der Waals surface area contributed by atoms with Gasteiger partial charge in [0, 0.05) is 19.4 Å². The first-order valence-electron chi connectivity index (χ1n) is 5.67. The third kappa shape index (κ3) is 2.84.